The summed E-state index contributed by atoms with van der Waals surface area (Å²) < 4.78 is 5.67. The van der Waals surface area contributed by atoms with E-state index >= 15 is 0 Å². The average molecular weight is 215 g/mol. The van der Waals surface area contributed by atoms with Crippen molar-refractivity contribution in [3.8, 4) is 10.7 Å². The summed E-state index contributed by atoms with van der Waals surface area (Å²) in [6.07, 6.45) is 0. The van der Waals surface area contributed by atoms with Crippen molar-refractivity contribution < 1.29 is 0 Å². The zero-order chi connectivity index (χ0) is 9.42. The van der Waals surface area contributed by atoms with Crippen LogP contribution in [0.3, 0.4) is 0 Å². The highest BCUT2D eigenvalue weighted by Crippen LogP contribution is 2.21. The fourth-order valence-electron chi connectivity index (χ4n) is 0.975. The first-order valence-electron chi connectivity index (χ1n) is 3.67. The van der Waals surface area contributed by atoms with Gasteiger partial charge in [-0.2, -0.15) is 9.47 Å². The zero-order valence-electron chi connectivity index (χ0n) is 7.15. The number of halogens is 1. The van der Waals surface area contributed by atoms with Gasteiger partial charge in [0.05, 0.1) is 0 Å². The molecular formula is C7H7ClN4S. The van der Waals surface area contributed by atoms with Crippen LogP contribution in [0.2, 0.25) is 5.28 Å². The second kappa shape index (κ2) is 3.08. The highest BCUT2D eigenvalue weighted by atomic mass is 35.5. The third-order valence-electron chi connectivity index (χ3n) is 1.73. The van der Waals surface area contributed by atoms with E-state index in [0.717, 1.165) is 16.4 Å². The van der Waals surface area contributed by atoms with Gasteiger partial charge in [0.2, 0.25) is 5.28 Å². The molecular weight excluding hydrogens is 208 g/mol. The van der Waals surface area contributed by atoms with Gasteiger partial charge in [0.25, 0.3) is 0 Å². The lowest BCUT2D eigenvalue weighted by molar-refractivity contribution is 0.742. The molecule has 0 amide bonds. The molecule has 2 rings (SSSR count). The molecule has 0 aliphatic rings. The van der Waals surface area contributed by atoms with Crippen molar-refractivity contribution in [1.29, 1.82) is 0 Å². The predicted octanol–water partition coefficient (Wildman–Crippen LogP) is 1.90. The molecule has 0 aromatic carbocycles. The quantitative estimate of drug-likeness (QED) is 0.728. The molecule has 0 saturated heterocycles. The Morgan fingerprint density at radius 2 is 2.31 bits per heavy atom. The summed E-state index contributed by atoms with van der Waals surface area (Å²) in [4.78, 5) is 4.03. The van der Waals surface area contributed by atoms with E-state index in [2.05, 4.69) is 14.5 Å². The summed E-state index contributed by atoms with van der Waals surface area (Å²) in [5, 5.41) is 5.30. The van der Waals surface area contributed by atoms with E-state index in [1.54, 1.807) is 4.68 Å². The van der Waals surface area contributed by atoms with E-state index in [4.69, 9.17) is 11.6 Å². The van der Waals surface area contributed by atoms with Gasteiger partial charge in [-0.3, -0.25) is 4.68 Å². The summed E-state index contributed by atoms with van der Waals surface area (Å²) in [6.45, 7) is 1.99. The maximum Gasteiger partial charge on any atom is 0.234 e. The highest BCUT2D eigenvalue weighted by Gasteiger charge is 2.08. The molecule has 0 radical (unpaired) electrons. The summed E-state index contributed by atoms with van der Waals surface area (Å²) >= 11 is 6.87. The lowest BCUT2D eigenvalue weighted by atomic mass is 10.4. The number of rotatable bonds is 1. The Morgan fingerprint density at radius 3 is 2.77 bits per heavy atom. The van der Waals surface area contributed by atoms with E-state index in [0.29, 0.717) is 0 Å². The Balaban J connectivity index is 2.46. The van der Waals surface area contributed by atoms with Gasteiger partial charge in [0.15, 0.2) is 5.01 Å². The molecule has 13 heavy (non-hydrogen) atoms. The third kappa shape index (κ3) is 1.57. The van der Waals surface area contributed by atoms with Gasteiger partial charge in [0.1, 0.15) is 5.69 Å². The maximum absolute atomic E-state index is 5.61. The SMILES string of the molecule is Cc1cc(-c2nc(Cl)ns2)nn1C. The van der Waals surface area contributed by atoms with Crippen LogP contribution in [0.25, 0.3) is 10.7 Å². The fraction of sp³-hybridized carbons (Fsp3) is 0.286. The van der Waals surface area contributed by atoms with Crippen molar-refractivity contribution >= 4 is 23.1 Å². The van der Waals surface area contributed by atoms with Gasteiger partial charge in [-0.05, 0) is 36.1 Å². The van der Waals surface area contributed by atoms with Crippen LogP contribution in [-0.4, -0.2) is 19.1 Å². The lowest BCUT2D eigenvalue weighted by Crippen LogP contribution is -1.91. The van der Waals surface area contributed by atoms with E-state index in [-0.39, 0.29) is 5.28 Å². The Kier molecular flexibility index (Phi) is 2.05. The molecule has 0 unspecified atom stereocenters. The fourth-order valence-corrected chi connectivity index (χ4v) is 1.74. The summed E-state index contributed by atoms with van der Waals surface area (Å²) in [5.74, 6) is 0. The largest absolute Gasteiger partial charge is 0.272 e. The van der Waals surface area contributed by atoms with Crippen molar-refractivity contribution in [3.05, 3.63) is 17.0 Å². The van der Waals surface area contributed by atoms with E-state index in [1.807, 2.05) is 20.0 Å². The minimum atomic E-state index is 0.281. The van der Waals surface area contributed by atoms with Gasteiger partial charge >= 0.3 is 0 Å². The van der Waals surface area contributed by atoms with Crippen LogP contribution in [0.5, 0.6) is 0 Å². The van der Waals surface area contributed by atoms with Crippen LogP contribution in [-0.2, 0) is 7.05 Å². The van der Waals surface area contributed by atoms with Crippen LogP contribution in [0.4, 0.5) is 0 Å². The van der Waals surface area contributed by atoms with E-state index < -0.39 is 0 Å². The van der Waals surface area contributed by atoms with Crippen molar-refractivity contribution in [3.63, 3.8) is 0 Å². The second-order valence-electron chi connectivity index (χ2n) is 2.66. The van der Waals surface area contributed by atoms with Gasteiger partial charge in [-0.15, -0.1) is 0 Å². The summed E-state index contributed by atoms with van der Waals surface area (Å²) in [7, 11) is 1.89. The van der Waals surface area contributed by atoms with Gasteiger partial charge in [0, 0.05) is 12.7 Å². The number of aryl methyl sites for hydroxylation is 2. The minimum absolute atomic E-state index is 0.281. The second-order valence-corrected chi connectivity index (χ2v) is 3.75. The number of hydrogen-bond donors (Lipinski definition) is 0. The molecule has 6 heteroatoms. The molecule has 4 nitrogen and oxygen atoms in total. The lowest BCUT2D eigenvalue weighted by Gasteiger charge is -1.88. The van der Waals surface area contributed by atoms with Gasteiger partial charge < -0.3 is 0 Å². The van der Waals surface area contributed by atoms with Crippen molar-refractivity contribution in [1.82, 2.24) is 19.1 Å². The van der Waals surface area contributed by atoms with Crippen LogP contribution in [0, 0.1) is 6.92 Å². The van der Waals surface area contributed by atoms with Crippen LogP contribution in [0.1, 0.15) is 5.69 Å². The Hall–Kier alpha value is -0.940. The molecule has 0 spiro atoms. The normalized spacial score (nSPS) is 10.7. The molecule has 0 atom stereocenters. The standard InChI is InChI=1S/C7H7ClN4S/c1-4-3-5(10-12(4)2)6-9-7(8)11-13-6/h3H,1-2H3. The van der Waals surface area contributed by atoms with Gasteiger partial charge in [-0.1, -0.05) is 0 Å². The van der Waals surface area contributed by atoms with Crippen molar-refractivity contribution in [2.75, 3.05) is 0 Å². The molecule has 0 N–H and O–H groups in total. The van der Waals surface area contributed by atoms with Crippen molar-refractivity contribution in [2.24, 2.45) is 7.05 Å². The first kappa shape index (κ1) is 8.65. The Labute approximate surface area is 84.3 Å². The van der Waals surface area contributed by atoms with Crippen LogP contribution in [0.15, 0.2) is 6.07 Å². The van der Waals surface area contributed by atoms with Crippen molar-refractivity contribution in [2.45, 2.75) is 6.92 Å². The van der Waals surface area contributed by atoms with Crippen LogP contribution < -0.4 is 0 Å². The molecule has 0 aliphatic carbocycles. The highest BCUT2D eigenvalue weighted by molar-refractivity contribution is 7.09. The van der Waals surface area contributed by atoms with Gasteiger partial charge in [-0.25, -0.2) is 4.98 Å². The minimum Gasteiger partial charge on any atom is -0.272 e. The molecule has 0 aliphatic heterocycles. The molecule has 0 saturated carbocycles. The predicted molar refractivity (Wildman–Crippen MR) is 51.9 cm³/mol. The molecule has 2 aromatic rings. The molecule has 0 bridgehead atoms. The number of hydrogen-bond acceptors (Lipinski definition) is 4. The summed E-state index contributed by atoms with van der Waals surface area (Å²) in [5.41, 5.74) is 1.91. The first-order chi connectivity index (χ1) is 6.16. The Bertz CT molecular complexity index is 414. The number of aromatic nitrogens is 4. The monoisotopic (exact) mass is 214 g/mol. The first-order valence-corrected chi connectivity index (χ1v) is 4.82. The van der Waals surface area contributed by atoms with Crippen LogP contribution >= 0.6 is 23.1 Å². The summed E-state index contributed by atoms with van der Waals surface area (Å²) in [6, 6.07) is 1.96. The molecule has 2 aromatic heterocycles. The van der Waals surface area contributed by atoms with E-state index in [1.165, 1.54) is 11.5 Å². The van der Waals surface area contributed by atoms with E-state index in [9.17, 15) is 0 Å². The third-order valence-corrected chi connectivity index (χ3v) is 2.74. The zero-order valence-corrected chi connectivity index (χ0v) is 8.72. The topological polar surface area (TPSA) is 43.6 Å². The maximum atomic E-state index is 5.61. The molecule has 68 valence electrons. The average Bonchev–Trinajstić information content (AvgIpc) is 2.61. The molecule has 0 fully saturated rings. The Morgan fingerprint density at radius 1 is 1.54 bits per heavy atom. The smallest absolute Gasteiger partial charge is 0.234 e. The molecule has 2 heterocycles. The number of nitrogens with zero attached hydrogens (tertiary/aromatic N) is 4.